The molecule has 1 heterocycles. The van der Waals surface area contributed by atoms with E-state index in [2.05, 4.69) is 15.1 Å². The zero-order chi connectivity index (χ0) is 8.10. The summed E-state index contributed by atoms with van der Waals surface area (Å²) >= 11 is 1.47. The second-order valence-corrected chi connectivity index (χ2v) is 2.52. The summed E-state index contributed by atoms with van der Waals surface area (Å²) in [5, 5.41) is 11.7. The maximum atomic E-state index is 8.15. The molecule has 0 saturated heterocycles. The van der Waals surface area contributed by atoms with Crippen LogP contribution in [0.3, 0.4) is 0 Å². The summed E-state index contributed by atoms with van der Waals surface area (Å²) < 4.78 is 0. The van der Waals surface area contributed by atoms with Crippen molar-refractivity contribution < 1.29 is 5.21 Å². The second-order valence-electron chi connectivity index (χ2n) is 1.75. The summed E-state index contributed by atoms with van der Waals surface area (Å²) in [5.41, 5.74) is 0.685. The lowest BCUT2D eigenvalue weighted by Gasteiger charge is -1.92. The number of hydrogen-bond donors (Lipinski definition) is 1. The first-order valence-corrected chi connectivity index (χ1v) is 4.12. The van der Waals surface area contributed by atoms with Crippen molar-refractivity contribution in [3.05, 3.63) is 18.0 Å². The predicted molar refractivity (Wildman–Crippen MR) is 43.2 cm³/mol. The molecule has 1 aromatic heterocycles. The summed E-state index contributed by atoms with van der Waals surface area (Å²) in [6, 6.07) is 0. The van der Waals surface area contributed by atoms with Crippen molar-refractivity contribution in [1.82, 2.24) is 9.97 Å². The Labute approximate surface area is 68.4 Å². The maximum absolute atomic E-state index is 8.15. The Kier molecular flexibility index (Phi) is 2.85. The maximum Gasteiger partial charge on any atom is 0.187 e. The van der Waals surface area contributed by atoms with Gasteiger partial charge in [0.1, 0.15) is 0 Å². The Hall–Kier alpha value is -1.10. The van der Waals surface area contributed by atoms with E-state index in [9.17, 15) is 0 Å². The Morgan fingerprint density at radius 2 is 2.18 bits per heavy atom. The van der Waals surface area contributed by atoms with Gasteiger partial charge in [0, 0.05) is 18.0 Å². The molecule has 0 amide bonds. The fourth-order valence-electron chi connectivity index (χ4n) is 0.565. The lowest BCUT2D eigenvalue weighted by Crippen LogP contribution is -1.88. The van der Waals surface area contributed by atoms with Crippen LogP contribution in [0, 0.1) is 0 Å². The highest BCUT2D eigenvalue weighted by molar-refractivity contribution is 7.98. The molecule has 1 rings (SSSR count). The topological polar surface area (TPSA) is 58.4 Å². The SMILES string of the molecule is CSc1ncc(/C=N\O)cn1. The molecule has 0 spiro atoms. The van der Waals surface area contributed by atoms with Crippen LogP contribution < -0.4 is 0 Å². The van der Waals surface area contributed by atoms with Gasteiger partial charge in [-0.05, 0) is 6.26 Å². The quantitative estimate of drug-likeness (QED) is 0.236. The molecule has 0 aliphatic rings. The summed E-state index contributed by atoms with van der Waals surface area (Å²) in [6.07, 6.45) is 6.37. The standard InChI is InChI=1S/C6H7N3OS/c1-11-6-7-2-5(3-8-6)4-9-10/h2-4,10H,1H3/b9-4-. The Bertz CT molecular complexity index is 247. The largest absolute Gasteiger partial charge is 0.411 e. The first kappa shape index (κ1) is 8.00. The van der Waals surface area contributed by atoms with E-state index in [1.807, 2.05) is 6.26 Å². The minimum absolute atomic E-state index is 0.685. The van der Waals surface area contributed by atoms with Crippen molar-refractivity contribution in [2.24, 2.45) is 5.16 Å². The molecule has 4 nitrogen and oxygen atoms in total. The van der Waals surface area contributed by atoms with Gasteiger partial charge in [-0.1, -0.05) is 16.9 Å². The van der Waals surface area contributed by atoms with E-state index in [-0.39, 0.29) is 0 Å². The van der Waals surface area contributed by atoms with Crippen LogP contribution >= 0.6 is 11.8 Å². The van der Waals surface area contributed by atoms with Crippen molar-refractivity contribution >= 4 is 18.0 Å². The van der Waals surface area contributed by atoms with Gasteiger partial charge in [-0.2, -0.15) is 0 Å². The molecule has 1 N–H and O–H groups in total. The number of hydrogen-bond acceptors (Lipinski definition) is 5. The van der Waals surface area contributed by atoms with Gasteiger partial charge in [0.05, 0.1) is 6.21 Å². The van der Waals surface area contributed by atoms with Crippen LogP contribution in [0.1, 0.15) is 5.56 Å². The van der Waals surface area contributed by atoms with Crippen molar-refractivity contribution in [1.29, 1.82) is 0 Å². The highest BCUT2D eigenvalue weighted by Gasteiger charge is 1.92. The fraction of sp³-hybridized carbons (Fsp3) is 0.167. The number of oxime groups is 1. The van der Waals surface area contributed by atoms with E-state index in [4.69, 9.17) is 5.21 Å². The van der Waals surface area contributed by atoms with Gasteiger partial charge in [0.2, 0.25) is 0 Å². The van der Waals surface area contributed by atoms with E-state index < -0.39 is 0 Å². The molecule has 0 aromatic carbocycles. The Morgan fingerprint density at radius 3 is 2.64 bits per heavy atom. The lowest BCUT2D eigenvalue weighted by atomic mass is 10.4. The molecule has 0 saturated carbocycles. The van der Waals surface area contributed by atoms with Gasteiger partial charge in [-0.25, -0.2) is 9.97 Å². The summed E-state index contributed by atoms with van der Waals surface area (Å²) in [4.78, 5) is 7.93. The third kappa shape index (κ3) is 2.19. The average Bonchev–Trinajstić information content (AvgIpc) is 2.07. The normalized spacial score (nSPS) is 10.6. The van der Waals surface area contributed by atoms with Crippen LogP contribution in [-0.2, 0) is 0 Å². The minimum Gasteiger partial charge on any atom is -0.411 e. The van der Waals surface area contributed by atoms with E-state index in [1.165, 1.54) is 18.0 Å². The molecule has 0 fully saturated rings. The average molecular weight is 169 g/mol. The molecule has 5 heteroatoms. The number of thioether (sulfide) groups is 1. The van der Waals surface area contributed by atoms with Crippen molar-refractivity contribution in [3.63, 3.8) is 0 Å². The number of aromatic nitrogens is 2. The van der Waals surface area contributed by atoms with Gasteiger partial charge >= 0.3 is 0 Å². The molecule has 0 aliphatic heterocycles. The molecular formula is C6H7N3OS. The summed E-state index contributed by atoms with van der Waals surface area (Å²) in [7, 11) is 0. The zero-order valence-corrected chi connectivity index (χ0v) is 6.75. The van der Waals surface area contributed by atoms with Gasteiger partial charge < -0.3 is 5.21 Å². The van der Waals surface area contributed by atoms with Gasteiger partial charge in [-0.15, -0.1) is 0 Å². The van der Waals surface area contributed by atoms with Crippen LogP contribution in [0.2, 0.25) is 0 Å². The summed E-state index contributed by atoms with van der Waals surface area (Å²) in [6.45, 7) is 0. The molecule has 0 atom stereocenters. The van der Waals surface area contributed by atoms with Crippen molar-refractivity contribution in [3.8, 4) is 0 Å². The lowest BCUT2D eigenvalue weighted by molar-refractivity contribution is 0.322. The molecule has 0 radical (unpaired) electrons. The summed E-state index contributed by atoms with van der Waals surface area (Å²) in [5.74, 6) is 0. The second kappa shape index (κ2) is 3.92. The number of rotatable bonds is 2. The molecule has 1 aromatic rings. The molecule has 0 bridgehead atoms. The molecule has 11 heavy (non-hydrogen) atoms. The molecular weight excluding hydrogens is 162 g/mol. The van der Waals surface area contributed by atoms with Crippen molar-refractivity contribution in [2.45, 2.75) is 5.16 Å². The Morgan fingerprint density at radius 1 is 1.55 bits per heavy atom. The van der Waals surface area contributed by atoms with Crippen LogP contribution in [0.15, 0.2) is 22.7 Å². The van der Waals surface area contributed by atoms with E-state index in [0.29, 0.717) is 10.7 Å². The van der Waals surface area contributed by atoms with Crippen LogP contribution in [0.4, 0.5) is 0 Å². The third-order valence-electron chi connectivity index (χ3n) is 1.04. The fourth-order valence-corrected chi connectivity index (χ4v) is 0.881. The highest BCUT2D eigenvalue weighted by atomic mass is 32.2. The smallest absolute Gasteiger partial charge is 0.187 e. The van der Waals surface area contributed by atoms with Crippen LogP contribution in [0.5, 0.6) is 0 Å². The van der Waals surface area contributed by atoms with E-state index in [1.54, 1.807) is 12.4 Å². The van der Waals surface area contributed by atoms with Crippen LogP contribution in [0.25, 0.3) is 0 Å². The first-order chi connectivity index (χ1) is 5.36. The van der Waals surface area contributed by atoms with Crippen LogP contribution in [-0.4, -0.2) is 27.6 Å². The van der Waals surface area contributed by atoms with Crippen molar-refractivity contribution in [2.75, 3.05) is 6.26 Å². The zero-order valence-electron chi connectivity index (χ0n) is 5.93. The molecule has 0 aliphatic carbocycles. The highest BCUT2D eigenvalue weighted by Crippen LogP contribution is 2.05. The Balaban J connectivity index is 2.82. The third-order valence-corrected chi connectivity index (χ3v) is 1.61. The van der Waals surface area contributed by atoms with E-state index in [0.717, 1.165) is 0 Å². The van der Waals surface area contributed by atoms with Gasteiger partial charge in [0.25, 0.3) is 0 Å². The van der Waals surface area contributed by atoms with E-state index >= 15 is 0 Å². The minimum atomic E-state index is 0.685. The van der Waals surface area contributed by atoms with Gasteiger partial charge in [0.15, 0.2) is 5.16 Å². The predicted octanol–water partition coefficient (Wildman–Crippen LogP) is 1.01. The molecule has 58 valence electrons. The molecule has 0 unspecified atom stereocenters. The van der Waals surface area contributed by atoms with Gasteiger partial charge in [-0.3, -0.25) is 0 Å². The first-order valence-electron chi connectivity index (χ1n) is 2.90. The monoisotopic (exact) mass is 169 g/mol. The number of nitrogens with zero attached hydrogens (tertiary/aromatic N) is 3.